The minimum atomic E-state index is 0.457. The number of hydrogen-bond donors (Lipinski definition) is 2. The molecule has 2 aromatic rings. The zero-order valence-corrected chi connectivity index (χ0v) is 10.9. The summed E-state index contributed by atoms with van der Waals surface area (Å²) in [4.78, 5) is 3.38. The highest BCUT2D eigenvalue weighted by Crippen LogP contribution is 2.44. The summed E-state index contributed by atoms with van der Waals surface area (Å²) in [5.74, 6) is 0. The van der Waals surface area contributed by atoms with Gasteiger partial charge >= 0.3 is 0 Å². The van der Waals surface area contributed by atoms with Gasteiger partial charge in [0.15, 0.2) is 0 Å². The molecule has 3 rings (SSSR count). The molecule has 2 N–H and O–H groups in total. The Labute approximate surface area is 106 Å². The van der Waals surface area contributed by atoms with Crippen LogP contribution in [0.4, 0.5) is 0 Å². The van der Waals surface area contributed by atoms with Gasteiger partial charge in [0.05, 0.1) is 5.02 Å². The van der Waals surface area contributed by atoms with E-state index < -0.39 is 0 Å². The molecule has 1 heterocycles. The Bertz CT molecular complexity index is 556. The lowest BCUT2D eigenvalue weighted by Crippen LogP contribution is -2.20. The summed E-state index contributed by atoms with van der Waals surface area (Å²) in [5, 5.41) is 5.51. The van der Waals surface area contributed by atoms with Crippen LogP contribution < -0.4 is 5.32 Å². The fourth-order valence-electron chi connectivity index (χ4n) is 2.33. The monoisotopic (exact) mass is 248 g/mol. The third-order valence-electron chi connectivity index (χ3n) is 3.75. The van der Waals surface area contributed by atoms with E-state index in [2.05, 4.69) is 36.3 Å². The lowest BCUT2D eigenvalue weighted by Gasteiger charge is -2.05. The fourth-order valence-corrected chi connectivity index (χ4v) is 2.61. The molecule has 3 heteroatoms. The van der Waals surface area contributed by atoms with Crippen molar-refractivity contribution in [3.8, 4) is 0 Å². The summed E-state index contributed by atoms with van der Waals surface area (Å²) >= 11 is 6.36. The number of para-hydroxylation sites is 1. The van der Waals surface area contributed by atoms with Gasteiger partial charge in [-0.05, 0) is 17.9 Å². The van der Waals surface area contributed by atoms with Gasteiger partial charge in [-0.1, -0.05) is 43.6 Å². The van der Waals surface area contributed by atoms with Crippen molar-refractivity contribution in [2.75, 3.05) is 0 Å². The van der Waals surface area contributed by atoms with Crippen molar-refractivity contribution in [1.29, 1.82) is 0 Å². The number of hydrogen-bond acceptors (Lipinski definition) is 1. The van der Waals surface area contributed by atoms with E-state index in [1.807, 2.05) is 12.1 Å². The van der Waals surface area contributed by atoms with Crippen LogP contribution in [0.15, 0.2) is 24.3 Å². The number of aromatic amines is 1. The van der Waals surface area contributed by atoms with Gasteiger partial charge in [0.25, 0.3) is 0 Å². The van der Waals surface area contributed by atoms with Crippen LogP contribution >= 0.6 is 11.6 Å². The third-order valence-corrected chi connectivity index (χ3v) is 4.18. The molecule has 1 aromatic carbocycles. The summed E-state index contributed by atoms with van der Waals surface area (Å²) < 4.78 is 0. The van der Waals surface area contributed by atoms with Gasteiger partial charge in [-0.3, -0.25) is 0 Å². The first-order chi connectivity index (χ1) is 8.08. The molecule has 0 aliphatic heterocycles. The molecule has 0 bridgehead atoms. The average molecular weight is 249 g/mol. The average Bonchev–Trinajstić information content (AvgIpc) is 2.78. The second-order valence-electron chi connectivity index (χ2n) is 5.59. The van der Waals surface area contributed by atoms with Crippen LogP contribution in [-0.4, -0.2) is 11.0 Å². The van der Waals surface area contributed by atoms with Gasteiger partial charge in [-0.15, -0.1) is 0 Å². The predicted octanol–water partition coefficient (Wildman–Crippen LogP) is 3.71. The van der Waals surface area contributed by atoms with Crippen molar-refractivity contribution in [2.45, 2.75) is 32.9 Å². The molecule has 0 radical (unpaired) electrons. The molecule has 1 aliphatic rings. The minimum absolute atomic E-state index is 0.457. The van der Waals surface area contributed by atoms with Gasteiger partial charge in [0, 0.05) is 29.2 Å². The zero-order valence-electron chi connectivity index (χ0n) is 10.2. The van der Waals surface area contributed by atoms with Crippen molar-refractivity contribution >= 4 is 22.5 Å². The standard InChI is InChI=1S/C14H17ClN2/c1-14(2)7-12(14)16-8-11-13(15)9-5-3-4-6-10(9)17-11/h3-6,12,16-17H,7-8H2,1-2H3. The highest BCUT2D eigenvalue weighted by atomic mass is 35.5. The summed E-state index contributed by atoms with van der Waals surface area (Å²) in [7, 11) is 0. The summed E-state index contributed by atoms with van der Waals surface area (Å²) in [6.07, 6.45) is 1.25. The van der Waals surface area contributed by atoms with Crippen molar-refractivity contribution in [3.63, 3.8) is 0 Å². The first-order valence-corrected chi connectivity index (χ1v) is 6.44. The summed E-state index contributed by atoms with van der Waals surface area (Å²) in [5.41, 5.74) is 2.67. The Kier molecular flexibility index (Phi) is 2.46. The molecule has 1 atom stereocenters. The maximum Gasteiger partial charge on any atom is 0.0705 e. The van der Waals surface area contributed by atoms with E-state index in [-0.39, 0.29) is 0 Å². The van der Waals surface area contributed by atoms with E-state index >= 15 is 0 Å². The smallest absolute Gasteiger partial charge is 0.0705 e. The second kappa shape index (κ2) is 3.76. The lowest BCUT2D eigenvalue weighted by atomic mass is 10.2. The Hall–Kier alpha value is -0.990. The van der Waals surface area contributed by atoms with E-state index in [1.165, 1.54) is 6.42 Å². The SMILES string of the molecule is CC1(C)CC1NCc1[nH]c2ccccc2c1Cl. The number of halogens is 1. The van der Waals surface area contributed by atoms with Gasteiger partial charge in [0.1, 0.15) is 0 Å². The summed E-state index contributed by atoms with van der Waals surface area (Å²) in [6, 6.07) is 8.79. The molecule has 0 saturated heterocycles. The molecule has 1 fully saturated rings. The fraction of sp³-hybridized carbons (Fsp3) is 0.429. The molecule has 0 amide bonds. The largest absolute Gasteiger partial charge is 0.356 e. The highest BCUT2D eigenvalue weighted by Gasteiger charge is 2.45. The Balaban J connectivity index is 1.79. The Morgan fingerprint density at radius 1 is 1.41 bits per heavy atom. The topological polar surface area (TPSA) is 27.8 Å². The van der Waals surface area contributed by atoms with Crippen LogP contribution in [0, 0.1) is 5.41 Å². The highest BCUT2D eigenvalue weighted by molar-refractivity contribution is 6.36. The normalized spacial score (nSPS) is 21.9. The molecule has 2 nitrogen and oxygen atoms in total. The molecule has 1 saturated carbocycles. The van der Waals surface area contributed by atoms with Crippen molar-refractivity contribution in [2.24, 2.45) is 5.41 Å². The van der Waals surface area contributed by atoms with Crippen LogP contribution in [0.2, 0.25) is 5.02 Å². The number of benzene rings is 1. The molecule has 90 valence electrons. The molecular weight excluding hydrogens is 232 g/mol. The van der Waals surface area contributed by atoms with E-state index in [9.17, 15) is 0 Å². The lowest BCUT2D eigenvalue weighted by molar-refractivity contribution is 0.539. The number of fused-ring (bicyclic) bond motifs is 1. The van der Waals surface area contributed by atoms with E-state index in [0.717, 1.165) is 28.2 Å². The number of H-pyrrole nitrogens is 1. The molecule has 1 aromatic heterocycles. The van der Waals surface area contributed by atoms with Gasteiger partial charge < -0.3 is 10.3 Å². The molecule has 0 spiro atoms. The van der Waals surface area contributed by atoms with Gasteiger partial charge in [0.2, 0.25) is 0 Å². The zero-order chi connectivity index (χ0) is 12.0. The van der Waals surface area contributed by atoms with Crippen LogP contribution in [0.25, 0.3) is 10.9 Å². The van der Waals surface area contributed by atoms with Crippen molar-refractivity contribution < 1.29 is 0 Å². The Morgan fingerprint density at radius 2 is 2.12 bits per heavy atom. The van der Waals surface area contributed by atoms with Crippen molar-refractivity contribution in [1.82, 2.24) is 10.3 Å². The van der Waals surface area contributed by atoms with E-state index in [4.69, 9.17) is 11.6 Å². The molecular formula is C14H17ClN2. The first-order valence-electron chi connectivity index (χ1n) is 6.06. The number of aromatic nitrogens is 1. The molecule has 1 unspecified atom stereocenters. The van der Waals surface area contributed by atoms with Crippen LogP contribution in [-0.2, 0) is 6.54 Å². The predicted molar refractivity (Wildman–Crippen MR) is 72.3 cm³/mol. The number of rotatable bonds is 3. The van der Waals surface area contributed by atoms with E-state index in [0.29, 0.717) is 11.5 Å². The quantitative estimate of drug-likeness (QED) is 0.852. The number of nitrogens with one attached hydrogen (secondary N) is 2. The molecule has 17 heavy (non-hydrogen) atoms. The van der Waals surface area contributed by atoms with Crippen LogP contribution in [0.1, 0.15) is 26.0 Å². The van der Waals surface area contributed by atoms with Crippen LogP contribution in [0.5, 0.6) is 0 Å². The molecule has 1 aliphatic carbocycles. The minimum Gasteiger partial charge on any atom is -0.356 e. The third kappa shape index (κ3) is 1.96. The van der Waals surface area contributed by atoms with E-state index in [1.54, 1.807) is 0 Å². The van der Waals surface area contributed by atoms with Crippen molar-refractivity contribution in [3.05, 3.63) is 35.0 Å². The maximum atomic E-state index is 6.36. The second-order valence-corrected chi connectivity index (χ2v) is 5.97. The van der Waals surface area contributed by atoms with Crippen LogP contribution in [0.3, 0.4) is 0 Å². The maximum absolute atomic E-state index is 6.36. The Morgan fingerprint density at radius 3 is 2.76 bits per heavy atom. The van der Waals surface area contributed by atoms with Gasteiger partial charge in [-0.2, -0.15) is 0 Å². The first kappa shape index (κ1) is 11.1. The summed E-state index contributed by atoms with van der Waals surface area (Å²) in [6.45, 7) is 5.40. The van der Waals surface area contributed by atoms with Gasteiger partial charge in [-0.25, -0.2) is 0 Å².